The third-order valence-electron chi connectivity index (χ3n) is 1.55. The molecule has 0 unspecified atom stereocenters. The fraction of sp³-hybridized carbons (Fsp3) is 0.250. The number of methoxy groups -OCH3 is 1. The molecule has 3 nitrogen and oxygen atoms in total. The maximum atomic E-state index is 13.2. The zero-order valence-electron chi connectivity index (χ0n) is 7.09. The molecule has 1 aromatic rings. The van der Waals surface area contributed by atoms with Crippen LogP contribution in [0, 0.1) is 17.1 Å². The Kier molecular flexibility index (Phi) is 2.92. The smallest absolute Gasteiger partial charge is 0.281 e. The summed E-state index contributed by atoms with van der Waals surface area (Å²) in [5.41, 5.74) is -1.65. The minimum Gasteiger partial charge on any atom is -0.492 e. The number of hydrogen-bond acceptors (Lipinski definition) is 3. The molecule has 0 aliphatic heterocycles. The number of nitriles is 1. The van der Waals surface area contributed by atoms with Gasteiger partial charge in [-0.25, -0.2) is 18.2 Å². The summed E-state index contributed by atoms with van der Waals surface area (Å²) in [7, 11) is 1.16. The van der Waals surface area contributed by atoms with E-state index in [1.807, 2.05) is 0 Å². The predicted molar refractivity (Wildman–Crippen MR) is 40.4 cm³/mol. The lowest BCUT2D eigenvalue weighted by Gasteiger charge is -2.05. The molecule has 1 rings (SSSR count). The van der Waals surface area contributed by atoms with Crippen molar-refractivity contribution in [3.63, 3.8) is 0 Å². The topological polar surface area (TPSA) is 45.9 Å². The lowest BCUT2D eigenvalue weighted by atomic mass is 10.2. The Bertz CT molecular complexity index is 387. The van der Waals surface area contributed by atoms with Gasteiger partial charge in [-0.15, -0.1) is 0 Å². The van der Waals surface area contributed by atoms with E-state index in [9.17, 15) is 13.2 Å². The summed E-state index contributed by atoms with van der Waals surface area (Å²) in [5, 5.41) is 8.45. The summed E-state index contributed by atoms with van der Waals surface area (Å²) < 4.78 is 42.1. The minimum absolute atomic E-state index is 0.328. The van der Waals surface area contributed by atoms with Crippen molar-refractivity contribution >= 4 is 0 Å². The van der Waals surface area contributed by atoms with E-state index in [2.05, 4.69) is 9.72 Å². The quantitative estimate of drug-likeness (QED) is 0.737. The van der Waals surface area contributed by atoms with Gasteiger partial charge in [0.25, 0.3) is 6.43 Å². The molecule has 0 fully saturated rings. The first kappa shape index (κ1) is 10.3. The van der Waals surface area contributed by atoms with E-state index in [1.165, 1.54) is 6.07 Å². The number of alkyl halides is 2. The highest BCUT2D eigenvalue weighted by atomic mass is 19.3. The Morgan fingerprint density at radius 1 is 1.57 bits per heavy atom. The molecule has 0 N–H and O–H groups in total. The maximum Gasteiger partial charge on any atom is 0.281 e. The Balaban J connectivity index is 3.38. The molecule has 0 atom stereocenters. The molecule has 0 saturated carbocycles. The number of hydrogen-bond donors (Lipinski definition) is 0. The molecular weight excluding hydrogens is 197 g/mol. The largest absolute Gasteiger partial charge is 0.492 e. The number of ether oxygens (including phenoxy) is 1. The summed E-state index contributed by atoms with van der Waals surface area (Å²) in [5.74, 6) is -1.44. The molecular formula is C8H5F3N2O. The second kappa shape index (κ2) is 3.96. The van der Waals surface area contributed by atoms with Crippen molar-refractivity contribution in [2.24, 2.45) is 0 Å². The average molecular weight is 202 g/mol. The van der Waals surface area contributed by atoms with Gasteiger partial charge in [-0.2, -0.15) is 5.26 Å². The van der Waals surface area contributed by atoms with Crippen LogP contribution in [-0.4, -0.2) is 12.1 Å². The van der Waals surface area contributed by atoms with Gasteiger partial charge in [0.05, 0.1) is 13.3 Å². The summed E-state index contributed by atoms with van der Waals surface area (Å²) in [4.78, 5) is 3.24. The van der Waals surface area contributed by atoms with Crippen molar-refractivity contribution in [3.8, 4) is 11.8 Å². The van der Waals surface area contributed by atoms with Gasteiger partial charge < -0.3 is 4.74 Å². The summed E-state index contributed by atoms with van der Waals surface area (Å²) in [6.07, 6.45) is -2.16. The molecule has 0 aromatic carbocycles. The number of pyridine rings is 1. The molecule has 14 heavy (non-hydrogen) atoms. The van der Waals surface area contributed by atoms with Crippen molar-refractivity contribution < 1.29 is 17.9 Å². The molecule has 0 saturated heterocycles. The molecule has 1 aromatic heterocycles. The lowest BCUT2D eigenvalue weighted by Crippen LogP contribution is -2.01. The van der Waals surface area contributed by atoms with Gasteiger partial charge in [0.15, 0.2) is 11.6 Å². The normalized spacial score (nSPS) is 10.0. The highest BCUT2D eigenvalue weighted by Crippen LogP contribution is 2.26. The molecule has 0 bridgehead atoms. The van der Waals surface area contributed by atoms with Crippen LogP contribution in [-0.2, 0) is 0 Å². The zero-order valence-corrected chi connectivity index (χ0v) is 7.09. The van der Waals surface area contributed by atoms with Crippen molar-refractivity contribution in [2.75, 3.05) is 7.11 Å². The molecule has 1 heterocycles. The van der Waals surface area contributed by atoms with Crippen LogP contribution < -0.4 is 4.74 Å². The third-order valence-corrected chi connectivity index (χ3v) is 1.55. The monoisotopic (exact) mass is 202 g/mol. The Labute approximate surface area is 77.7 Å². The summed E-state index contributed by atoms with van der Waals surface area (Å²) >= 11 is 0. The van der Waals surface area contributed by atoms with Crippen molar-refractivity contribution in [1.29, 1.82) is 5.26 Å². The summed E-state index contributed by atoms with van der Waals surface area (Å²) in [6, 6.07) is 1.32. The third kappa shape index (κ3) is 1.62. The highest BCUT2D eigenvalue weighted by Gasteiger charge is 2.21. The van der Waals surface area contributed by atoms with Crippen LogP contribution in [0.4, 0.5) is 13.2 Å². The standard InChI is InChI=1S/C8H5F3N2O/c1-14-5-3-13-7(8(10)11)4(2-12)6(5)9/h3,8H,1H3. The lowest BCUT2D eigenvalue weighted by molar-refractivity contribution is 0.145. The number of nitrogens with zero attached hydrogens (tertiary/aromatic N) is 2. The van der Waals surface area contributed by atoms with Gasteiger partial charge in [-0.3, -0.25) is 0 Å². The molecule has 0 aliphatic carbocycles. The van der Waals surface area contributed by atoms with Crippen LogP contribution in [0.15, 0.2) is 6.20 Å². The molecule has 0 radical (unpaired) electrons. The first-order chi connectivity index (χ1) is 6.61. The van der Waals surface area contributed by atoms with Crippen LogP contribution >= 0.6 is 0 Å². The first-order valence-corrected chi connectivity index (χ1v) is 3.52. The van der Waals surface area contributed by atoms with E-state index in [0.29, 0.717) is 0 Å². The second-order valence-electron chi connectivity index (χ2n) is 2.31. The average Bonchev–Trinajstić information content (AvgIpc) is 2.17. The van der Waals surface area contributed by atoms with Crippen LogP contribution in [0.2, 0.25) is 0 Å². The van der Waals surface area contributed by atoms with Crippen molar-refractivity contribution in [2.45, 2.75) is 6.43 Å². The van der Waals surface area contributed by atoms with Crippen LogP contribution in [0.25, 0.3) is 0 Å². The SMILES string of the molecule is COc1cnc(C(F)F)c(C#N)c1F. The Morgan fingerprint density at radius 2 is 2.21 bits per heavy atom. The number of rotatable bonds is 2. The van der Waals surface area contributed by atoms with Crippen LogP contribution in [0.1, 0.15) is 17.7 Å². The van der Waals surface area contributed by atoms with Gasteiger partial charge in [0.1, 0.15) is 17.3 Å². The number of aromatic nitrogens is 1. The predicted octanol–water partition coefficient (Wildman–Crippen LogP) is 2.04. The van der Waals surface area contributed by atoms with E-state index in [1.54, 1.807) is 0 Å². The van der Waals surface area contributed by atoms with Crippen molar-refractivity contribution in [3.05, 3.63) is 23.3 Å². The van der Waals surface area contributed by atoms with E-state index in [4.69, 9.17) is 5.26 Å². The fourth-order valence-electron chi connectivity index (χ4n) is 0.899. The molecule has 6 heteroatoms. The maximum absolute atomic E-state index is 13.2. The van der Waals surface area contributed by atoms with E-state index < -0.39 is 23.5 Å². The summed E-state index contributed by atoms with van der Waals surface area (Å²) in [6.45, 7) is 0. The van der Waals surface area contributed by atoms with E-state index >= 15 is 0 Å². The van der Waals surface area contributed by atoms with Gasteiger partial charge in [0.2, 0.25) is 0 Å². The molecule has 0 spiro atoms. The van der Waals surface area contributed by atoms with Crippen LogP contribution in [0.3, 0.4) is 0 Å². The van der Waals surface area contributed by atoms with Crippen LogP contribution in [0.5, 0.6) is 5.75 Å². The molecule has 74 valence electrons. The second-order valence-corrected chi connectivity index (χ2v) is 2.31. The van der Waals surface area contributed by atoms with Gasteiger partial charge in [-0.1, -0.05) is 0 Å². The van der Waals surface area contributed by atoms with Gasteiger partial charge in [-0.05, 0) is 0 Å². The first-order valence-electron chi connectivity index (χ1n) is 3.52. The highest BCUT2D eigenvalue weighted by molar-refractivity contribution is 5.40. The van der Waals surface area contributed by atoms with Gasteiger partial charge in [0, 0.05) is 0 Å². The van der Waals surface area contributed by atoms with E-state index in [-0.39, 0.29) is 5.75 Å². The van der Waals surface area contributed by atoms with Crippen molar-refractivity contribution in [1.82, 2.24) is 4.98 Å². The zero-order chi connectivity index (χ0) is 10.7. The Hall–Kier alpha value is -1.77. The van der Waals surface area contributed by atoms with E-state index in [0.717, 1.165) is 13.3 Å². The minimum atomic E-state index is -2.98. The molecule has 0 amide bonds. The van der Waals surface area contributed by atoms with Gasteiger partial charge >= 0.3 is 0 Å². The number of halogens is 3. The fourth-order valence-corrected chi connectivity index (χ4v) is 0.899. The Morgan fingerprint density at radius 3 is 2.64 bits per heavy atom. The molecule has 0 aliphatic rings.